The molecule has 0 aliphatic carbocycles. The molecule has 14 heavy (non-hydrogen) atoms. The van der Waals surface area contributed by atoms with Gasteiger partial charge in [-0.15, -0.1) is 0 Å². The highest BCUT2D eigenvalue weighted by molar-refractivity contribution is 6.32. The lowest BCUT2D eigenvalue weighted by molar-refractivity contribution is -0.136. The monoisotopic (exact) mass is 214 g/mol. The molecule has 3 nitrogen and oxygen atoms in total. The Hall–Kier alpha value is -1.22. The van der Waals surface area contributed by atoms with Gasteiger partial charge in [0.05, 0.1) is 5.02 Å². The molecule has 1 aromatic rings. The first-order chi connectivity index (χ1) is 6.50. The fourth-order valence-corrected chi connectivity index (χ4v) is 1.45. The number of benzene rings is 1. The average Bonchev–Trinajstić information content (AvgIpc) is 2.08. The molecule has 0 radical (unpaired) electrons. The molecule has 0 aliphatic heterocycles. The van der Waals surface area contributed by atoms with Crippen molar-refractivity contribution in [1.29, 1.82) is 0 Å². The second-order valence-electron chi connectivity index (χ2n) is 3.15. The normalized spacial score (nSPS) is 10.1. The number of aryl methyl sites for hydroxylation is 2. The van der Waals surface area contributed by atoms with E-state index in [0.717, 1.165) is 5.56 Å². The molecule has 0 saturated carbocycles. The van der Waals surface area contributed by atoms with Gasteiger partial charge in [-0.2, -0.15) is 0 Å². The van der Waals surface area contributed by atoms with Crippen molar-refractivity contribution in [2.75, 3.05) is 0 Å². The SMILES string of the molecule is Cc1cc(O)c(Cl)c(CCC(=O)O)c1. The minimum Gasteiger partial charge on any atom is -0.506 e. The predicted molar refractivity (Wildman–Crippen MR) is 53.8 cm³/mol. The molecule has 0 aliphatic rings. The molecule has 1 rings (SSSR count). The van der Waals surface area contributed by atoms with Crippen LogP contribution in [0.4, 0.5) is 0 Å². The second kappa shape index (κ2) is 4.33. The summed E-state index contributed by atoms with van der Waals surface area (Å²) in [5.74, 6) is -0.867. The van der Waals surface area contributed by atoms with E-state index in [0.29, 0.717) is 12.0 Å². The Morgan fingerprint density at radius 1 is 1.50 bits per heavy atom. The summed E-state index contributed by atoms with van der Waals surface area (Å²) in [7, 11) is 0. The fraction of sp³-hybridized carbons (Fsp3) is 0.300. The first-order valence-electron chi connectivity index (χ1n) is 4.20. The van der Waals surface area contributed by atoms with E-state index < -0.39 is 5.97 Å². The molecule has 2 N–H and O–H groups in total. The van der Waals surface area contributed by atoms with Gasteiger partial charge in [-0.25, -0.2) is 0 Å². The number of phenols is 1. The number of halogens is 1. The van der Waals surface area contributed by atoms with E-state index in [9.17, 15) is 9.90 Å². The molecule has 0 fully saturated rings. The molecule has 0 amide bonds. The van der Waals surface area contributed by atoms with E-state index in [-0.39, 0.29) is 17.2 Å². The highest BCUT2D eigenvalue weighted by Gasteiger charge is 2.08. The first kappa shape index (κ1) is 10.9. The van der Waals surface area contributed by atoms with Crippen LogP contribution in [0.3, 0.4) is 0 Å². The number of rotatable bonds is 3. The highest BCUT2D eigenvalue weighted by Crippen LogP contribution is 2.29. The van der Waals surface area contributed by atoms with Gasteiger partial charge in [0.2, 0.25) is 0 Å². The summed E-state index contributed by atoms with van der Waals surface area (Å²) in [6.45, 7) is 1.82. The Labute approximate surface area is 86.9 Å². The Morgan fingerprint density at radius 2 is 2.14 bits per heavy atom. The summed E-state index contributed by atoms with van der Waals surface area (Å²) in [6.07, 6.45) is 0.353. The number of phenolic OH excluding ortho intramolecular Hbond substituents is 1. The van der Waals surface area contributed by atoms with E-state index in [1.807, 2.05) is 6.92 Å². The number of hydrogen-bond donors (Lipinski definition) is 2. The molecule has 4 heteroatoms. The Balaban J connectivity index is 2.90. The average molecular weight is 215 g/mol. The minimum absolute atomic E-state index is 0.00653. The lowest BCUT2D eigenvalue weighted by Gasteiger charge is -2.06. The summed E-state index contributed by atoms with van der Waals surface area (Å²) < 4.78 is 0. The van der Waals surface area contributed by atoms with Gasteiger partial charge in [-0.1, -0.05) is 17.7 Å². The maximum absolute atomic E-state index is 10.3. The van der Waals surface area contributed by atoms with Crippen molar-refractivity contribution in [3.63, 3.8) is 0 Å². The van der Waals surface area contributed by atoms with E-state index in [4.69, 9.17) is 16.7 Å². The van der Waals surface area contributed by atoms with Crippen molar-refractivity contribution in [3.05, 3.63) is 28.3 Å². The van der Waals surface area contributed by atoms with Gasteiger partial charge in [0, 0.05) is 6.42 Å². The number of aliphatic carboxylic acids is 1. The van der Waals surface area contributed by atoms with Crippen LogP contribution in [0.5, 0.6) is 5.75 Å². The maximum atomic E-state index is 10.3. The Bertz CT molecular complexity index is 361. The summed E-state index contributed by atoms with van der Waals surface area (Å²) in [6, 6.07) is 3.33. The maximum Gasteiger partial charge on any atom is 0.303 e. The van der Waals surface area contributed by atoms with Crippen molar-refractivity contribution in [2.24, 2.45) is 0 Å². The third kappa shape index (κ3) is 2.64. The Kier molecular flexibility index (Phi) is 3.36. The molecule has 0 spiro atoms. The highest BCUT2D eigenvalue weighted by atomic mass is 35.5. The molecule has 0 unspecified atom stereocenters. The van der Waals surface area contributed by atoms with Crippen molar-refractivity contribution >= 4 is 17.6 Å². The van der Waals surface area contributed by atoms with Crippen LogP contribution < -0.4 is 0 Å². The Morgan fingerprint density at radius 3 is 2.71 bits per heavy atom. The van der Waals surface area contributed by atoms with Gasteiger partial charge >= 0.3 is 5.97 Å². The van der Waals surface area contributed by atoms with Gasteiger partial charge in [0.25, 0.3) is 0 Å². The number of hydrogen-bond acceptors (Lipinski definition) is 2. The number of carboxylic acid groups (broad SMARTS) is 1. The molecule has 0 saturated heterocycles. The number of carboxylic acids is 1. The number of aromatic hydroxyl groups is 1. The van der Waals surface area contributed by atoms with Gasteiger partial charge < -0.3 is 10.2 Å². The van der Waals surface area contributed by atoms with Crippen LogP contribution in [0.25, 0.3) is 0 Å². The third-order valence-electron chi connectivity index (χ3n) is 1.88. The predicted octanol–water partition coefficient (Wildman–Crippen LogP) is 2.37. The smallest absolute Gasteiger partial charge is 0.303 e. The lowest BCUT2D eigenvalue weighted by atomic mass is 10.1. The van der Waals surface area contributed by atoms with Crippen molar-refractivity contribution in [2.45, 2.75) is 19.8 Å². The van der Waals surface area contributed by atoms with E-state index in [1.54, 1.807) is 12.1 Å². The molecule has 0 atom stereocenters. The zero-order valence-corrected chi connectivity index (χ0v) is 8.51. The molecule has 0 bridgehead atoms. The van der Waals surface area contributed by atoms with Gasteiger partial charge in [0.15, 0.2) is 0 Å². The summed E-state index contributed by atoms with van der Waals surface area (Å²) in [5, 5.41) is 18.1. The molecule has 0 heterocycles. The summed E-state index contributed by atoms with van der Waals surface area (Å²) >= 11 is 5.81. The number of carbonyl (C=O) groups is 1. The summed E-state index contributed by atoms with van der Waals surface area (Å²) in [4.78, 5) is 10.3. The van der Waals surface area contributed by atoms with E-state index in [2.05, 4.69) is 0 Å². The zero-order valence-electron chi connectivity index (χ0n) is 7.75. The lowest BCUT2D eigenvalue weighted by Crippen LogP contribution is -1.98. The minimum atomic E-state index is -0.873. The van der Waals surface area contributed by atoms with Crippen LogP contribution in [0.1, 0.15) is 17.5 Å². The van der Waals surface area contributed by atoms with Crippen LogP contribution in [0.2, 0.25) is 5.02 Å². The molecule has 0 aromatic heterocycles. The fourth-order valence-electron chi connectivity index (χ4n) is 1.25. The third-order valence-corrected chi connectivity index (χ3v) is 2.32. The van der Waals surface area contributed by atoms with Gasteiger partial charge in [-0.05, 0) is 30.5 Å². The van der Waals surface area contributed by atoms with Crippen LogP contribution >= 0.6 is 11.6 Å². The van der Waals surface area contributed by atoms with E-state index >= 15 is 0 Å². The molecule has 1 aromatic carbocycles. The largest absolute Gasteiger partial charge is 0.506 e. The van der Waals surface area contributed by atoms with Crippen LogP contribution in [0.15, 0.2) is 12.1 Å². The second-order valence-corrected chi connectivity index (χ2v) is 3.53. The first-order valence-corrected chi connectivity index (χ1v) is 4.58. The molecular weight excluding hydrogens is 204 g/mol. The van der Waals surface area contributed by atoms with Crippen LogP contribution in [-0.2, 0) is 11.2 Å². The van der Waals surface area contributed by atoms with Crippen molar-refractivity contribution in [1.82, 2.24) is 0 Å². The molecular formula is C10H11ClO3. The van der Waals surface area contributed by atoms with Crippen molar-refractivity contribution in [3.8, 4) is 5.75 Å². The van der Waals surface area contributed by atoms with Crippen LogP contribution in [-0.4, -0.2) is 16.2 Å². The quantitative estimate of drug-likeness (QED) is 0.812. The zero-order chi connectivity index (χ0) is 10.7. The topological polar surface area (TPSA) is 57.5 Å². The van der Waals surface area contributed by atoms with Gasteiger partial charge in [0.1, 0.15) is 5.75 Å². The summed E-state index contributed by atoms with van der Waals surface area (Å²) in [5.41, 5.74) is 1.54. The van der Waals surface area contributed by atoms with Crippen molar-refractivity contribution < 1.29 is 15.0 Å². The van der Waals surface area contributed by atoms with Crippen LogP contribution in [0, 0.1) is 6.92 Å². The van der Waals surface area contributed by atoms with Gasteiger partial charge in [-0.3, -0.25) is 4.79 Å². The standard InChI is InChI=1S/C10H11ClO3/c1-6-4-7(2-3-9(13)14)10(11)8(12)5-6/h4-5,12H,2-3H2,1H3,(H,13,14). The van der Waals surface area contributed by atoms with E-state index in [1.165, 1.54) is 0 Å². The molecule has 76 valence electrons.